The standard InChI is InChI=1S/C13H25N3O2/c1-9(2)15-10(13(14)17)8-16-6-7-18-12-5-3-4-11(12)16/h9-12,15H,3-8H2,1-2H3,(H2,14,17). The van der Waals surface area contributed by atoms with E-state index >= 15 is 0 Å². The van der Waals surface area contributed by atoms with Gasteiger partial charge in [0.05, 0.1) is 18.8 Å². The molecule has 0 bridgehead atoms. The molecule has 0 aromatic rings. The zero-order valence-corrected chi connectivity index (χ0v) is 11.4. The van der Waals surface area contributed by atoms with Gasteiger partial charge in [0.2, 0.25) is 5.91 Å². The average Bonchev–Trinajstić information content (AvgIpc) is 2.76. The Bertz CT molecular complexity index is 296. The summed E-state index contributed by atoms with van der Waals surface area (Å²) in [6.07, 6.45) is 3.93. The molecule has 1 amide bonds. The molecule has 104 valence electrons. The minimum absolute atomic E-state index is 0.260. The van der Waals surface area contributed by atoms with E-state index in [1.54, 1.807) is 0 Å². The second-order valence-electron chi connectivity index (χ2n) is 5.68. The molecule has 3 N–H and O–H groups in total. The van der Waals surface area contributed by atoms with Gasteiger partial charge in [0.15, 0.2) is 0 Å². The molecule has 0 radical (unpaired) electrons. The SMILES string of the molecule is CC(C)NC(CN1CCOC2CCCC21)C(N)=O. The van der Waals surface area contributed by atoms with Gasteiger partial charge in [-0.1, -0.05) is 13.8 Å². The van der Waals surface area contributed by atoms with E-state index in [1.165, 1.54) is 12.8 Å². The summed E-state index contributed by atoms with van der Waals surface area (Å²) in [6.45, 7) is 6.46. The van der Waals surface area contributed by atoms with Crippen molar-refractivity contribution in [2.75, 3.05) is 19.7 Å². The number of nitrogens with two attached hydrogens (primary N) is 1. The predicted octanol–water partition coefficient (Wildman–Crippen LogP) is 0.0916. The van der Waals surface area contributed by atoms with Crippen molar-refractivity contribution in [2.24, 2.45) is 5.73 Å². The fraction of sp³-hybridized carbons (Fsp3) is 0.923. The average molecular weight is 255 g/mol. The number of carbonyl (C=O) groups excluding carboxylic acids is 1. The normalized spacial score (nSPS) is 30.4. The highest BCUT2D eigenvalue weighted by molar-refractivity contribution is 5.80. The lowest BCUT2D eigenvalue weighted by Gasteiger charge is -2.39. The Kier molecular flexibility index (Phi) is 4.59. The lowest BCUT2D eigenvalue weighted by atomic mass is 10.1. The topological polar surface area (TPSA) is 67.6 Å². The van der Waals surface area contributed by atoms with Crippen LogP contribution in [0, 0.1) is 0 Å². The molecule has 1 aliphatic heterocycles. The molecule has 2 aliphatic rings. The number of fused-ring (bicyclic) bond motifs is 1. The Hall–Kier alpha value is -0.650. The van der Waals surface area contributed by atoms with Gasteiger partial charge >= 0.3 is 0 Å². The van der Waals surface area contributed by atoms with Crippen molar-refractivity contribution < 1.29 is 9.53 Å². The largest absolute Gasteiger partial charge is 0.375 e. The van der Waals surface area contributed by atoms with Gasteiger partial charge in [-0.05, 0) is 19.3 Å². The summed E-state index contributed by atoms with van der Waals surface area (Å²) in [5, 5.41) is 3.25. The van der Waals surface area contributed by atoms with Crippen LogP contribution in [-0.4, -0.2) is 54.7 Å². The fourth-order valence-corrected chi connectivity index (χ4v) is 3.09. The third-order valence-electron chi connectivity index (χ3n) is 3.89. The summed E-state index contributed by atoms with van der Waals surface area (Å²) < 4.78 is 5.78. The van der Waals surface area contributed by atoms with E-state index in [9.17, 15) is 4.79 Å². The summed E-state index contributed by atoms with van der Waals surface area (Å²) >= 11 is 0. The van der Waals surface area contributed by atoms with Gasteiger partial charge in [-0.2, -0.15) is 0 Å². The minimum Gasteiger partial charge on any atom is -0.375 e. The molecule has 3 unspecified atom stereocenters. The Morgan fingerprint density at radius 1 is 1.50 bits per heavy atom. The van der Waals surface area contributed by atoms with E-state index < -0.39 is 0 Å². The second-order valence-corrected chi connectivity index (χ2v) is 5.68. The molecule has 18 heavy (non-hydrogen) atoms. The third-order valence-corrected chi connectivity index (χ3v) is 3.89. The van der Waals surface area contributed by atoms with Crippen molar-refractivity contribution in [2.45, 2.75) is 57.3 Å². The quantitative estimate of drug-likeness (QED) is 0.731. The number of primary amides is 1. The van der Waals surface area contributed by atoms with Crippen molar-refractivity contribution >= 4 is 5.91 Å². The van der Waals surface area contributed by atoms with Crippen LogP contribution in [0.3, 0.4) is 0 Å². The van der Waals surface area contributed by atoms with Crippen LogP contribution in [0.25, 0.3) is 0 Å². The Morgan fingerprint density at radius 3 is 2.94 bits per heavy atom. The number of hydrogen-bond donors (Lipinski definition) is 2. The summed E-state index contributed by atoms with van der Waals surface area (Å²) in [7, 11) is 0. The Morgan fingerprint density at radius 2 is 2.28 bits per heavy atom. The lowest BCUT2D eigenvalue weighted by Crippen LogP contribution is -2.57. The maximum absolute atomic E-state index is 11.5. The molecular formula is C13H25N3O2. The molecule has 2 fully saturated rings. The molecule has 0 aromatic heterocycles. The molecule has 5 nitrogen and oxygen atoms in total. The number of nitrogens with zero attached hydrogens (tertiary/aromatic N) is 1. The van der Waals surface area contributed by atoms with Crippen LogP contribution in [-0.2, 0) is 9.53 Å². The number of rotatable bonds is 5. The Balaban J connectivity index is 1.95. The first kappa shape index (κ1) is 13.8. The molecule has 3 atom stereocenters. The number of hydrogen-bond acceptors (Lipinski definition) is 4. The molecule has 1 saturated carbocycles. The summed E-state index contributed by atoms with van der Waals surface area (Å²) in [4.78, 5) is 13.9. The third kappa shape index (κ3) is 3.22. The second kappa shape index (κ2) is 5.99. The molecule has 1 saturated heterocycles. The smallest absolute Gasteiger partial charge is 0.235 e. The first-order valence-electron chi connectivity index (χ1n) is 6.99. The molecule has 2 rings (SSSR count). The molecule has 1 heterocycles. The highest BCUT2D eigenvalue weighted by Crippen LogP contribution is 2.29. The van der Waals surface area contributed by atoms with Crippen molar-refractivity contribution in [1.82, 2.24) is 10.2 Å². The van der Waals surface area contributed by atoms with Crippen molar-refractivity contribution in [1.29, 1.82) is 0 Å². The van der Waals surface area contributed by atoms with Crippen LogP contribution in [0.5, 0.6) is 0 Å². The van der Waals surface area contributed by atoms with Gasteiger partial charge in [-0.25, -0.2) is 0 Å². The molecule has 0 spiro atoms. The number of nitrogens with one attached hydrogen (secondary N) is 1. The van der Waals surface area contributed by atoms with Gasteiger partial charge < -0.3 is 15.8 Å². The van der Waals surface area contributed by atoms with Crippen LogP contribution < -0.4 is 11.1 Å². The van der Waals surface area contributed by atoms with Gasteiger partial charge in [-0.3, -0.25) is 9.69 Å². The molecule has 0 aromatic carbocycles. The van der Waals surface area contributed by atoms with Crippen molar-refractivity contribution in [3.8, 4) is 0 Å². The van der Waals surface area contributed by atoms with E-state index in [4.69, 9.17) is 10.5 Å². The van der Waals surface area contributed by atoms with Crippen LogP contribution in [0.15, 0.2) is 0 Å². The van der Waals surface area contributed by atoms with Crippen LogP contribution in [0.1, 0.15) is 33.1 Å². The molecule has 5 heteroatoms. The lowest BCUT2D eigenvalue weighted by molar-refractivity contribution is -0.122. The monoisotopic (exact) mass is 255 g/mol. The molecule has 1 aliphatic carbocycles. The first-order valence-corrected chi connectivity index (χ1v) is 6.99. The highest BCUT2D eigenvalue weighted by Gasteiger charge is 2.37. The van der Waals surface area contributed by atoms with Gasteiger partial charge in [0, 0.05) is 25.2 Å². The Labute approximate surface area is 109 Å². The predicted molar refractivity (Wildman–Crippen MR) is 70.2 cm³/mol. The number of amides is 1. The summed E-state index contributed by atoms with van der Waals surface area (Å²) in [6, 6.07) is 0.488. The summed E-state index contributed by atoms with van der Waals surface area (Å²) in [5.74, 6) is -0.260. The fourth-order valence-electron chi connectivity index (χ4n) is 3.09. The number of ether oxygens (including phenoxy) is 1. The van der Waals surface area contributed by atoms with Gasteiger partial charge in [0.1, 0.15) is 0 Å². The summed E-state index contributed by atoms with van der Waals surface area (Å²) in [5.41, 5.74) is 5.48. The van der Waals surface area contributed by atoms with E-state index in [2.05, 4.69) is 10.2 Å². The molecular weight excluding hydrogens is 230 g/mol. The number of morpholine rings is 1. The maximum Gasteiger partial charge on any atom is 0.235 e. The van der Waals surface area contributed by atoms with Crippen LogP contribution in [0.4, 0.5) is 0 Å². The van der Waals surface area contributed by atoms with Crippen LogP contribution in [0.2, 0.25) is 0 Å². The first-order chi connectivity index (χ1) is 8.58. The van der Waals surface area contributed by atoms with Crippen LogP contribution >= 0.6 is 0 Å². The van der Waals surface area contributed by atoms with E-state index in [-0.39, 0.29) is 18.0 Å². The van der Waals surface area contributed by atoms with E-state index in [0.29, 0.717) is 18.7 Å². The van der Waals surface area contributed by atoms with Gasteiger partial charge in [0.25, 0.3) is 0 Å². The zero-order valence-electron chi connectivity index (χ0n) is 11.4. The van der Waals surface area contributed by atoms with Crippen molar-refractivity contribution in [3.63, 3.8) is 0 Å². The number of carbonyl (C=O) groups is 1. The van der Waals surface area contributed by atoms with E-state index in [0.717, 1.165) is 19.6 Å². The maximum atomic E-state index is 11.5. The minimum atomic E-state index is -0.260. The van der Waals surface area contributed by atoms with Crippen molar-refractivity contribution in [3.05, 3.63) is 0 Å². The van der Waals surface area contributed by atoms with Gasteiger partial charge in [-0.15, -0.1) is 0 Å². The zero-order chi connectivity index (χ0) is 13.1. The highest BCUT2D eigenvalue weighted by atomic mass is 16.5. The van der Waals surface area contributed by atoms with E-state index in [1.807, 2.05) is 13.8 Å².